The molecule has 6 nitrogen and oxygen atoms in total. The Balaban J connectivity index is 1.65. The maximum atomic E-state index is 14.0. The number of aliphatic hydroxyl groups is 1. The first-order valence-corrected chi connectivity index (χ1v) is 9.54. The molecule has 0 radical (unpaired) electrons. The Kier molecular flexibility index (Phi) is 6.11. The predicted octanol–water partition coefficient (Wildman–Crippen LogP) is 1.14. The Bertz CT molecular complexity index is 687. The Morgan fingerprint density at radius 1 is 1.41 bits per heavy atom. The third-order valence-electron chi connectivity index (χ3n) is 5.89. The van der Waals surface area contributed by atoms with Gasteiger partial charge in [0.1, 0.15) is 5.82 Å². The van der Waals surface area contributed by atoms with Crippen LogP contribution in [0.4, 0.5) is 4.39 Å². The molecule has 0 unspecified atom stereocenters. The van der Waals surface area contributed by atoms with E-state index in [1.807, 2.05) is 4.90 Å². The van der Waals surface area contributed by atoms with Crippen LogP contribution in [0.2, 0.25) is 0 Å². The molecule has 1 aromatic carbocycles. The zero-order chi connectivity index (χ0) is 19.4. The topological polar surface area (TPSA) is 72.9 Å². The average Bonchev–Trinajstić information content (AvgIpc) is 2.62. The van der Waals surface area contributed by atoms with E-state index in [9.17, 15) is 19.1 Å². The van der Waals surface area contributed by atoms with Crippen LogP contribution < -0.4 is 5.32 Å². The number of halogens is 1. The third kappa shape index (κ3) is 4.47. The first-order chi connectivity index (χ1) is 12.9. The molecule has 1 heterocycles. The molecular weight excluding hydrogens is 349 g/mol. The number of hydrogen-bond acceptors (Lipinski definition) is 4. The van der Waals surface area contributed by atoms with Gasteiger partial charge in [-0.2, -0.15) is 0 Å². The Morgan fingerprint density at radius 2 is 2.15 bits per heavy atom. The summed E-state index contributed by atoms with van der Waals surface area (Å²) in [5, 5.41) is 12.4. The summed E-state index contributed by atoms with van der Waals surface area (Å²) in [6.07, 6.45) is 2.97. The van der Waals surface area contributed by atoms with Crippen molar-refractivity contribution in [3.8, 4) is 0 Å². The molecule has 148 valence electrons. The van der Waals surface area contributed by atoms with Crippen LogP contribution in [0.3, 0.4) is 0 Å². The van der Waals surface area contributed by atoms with Crippen molar-refractivity contribution in [2.45, 2.75) is 38.3 Å². The van der Waals surface area contributed by atoms with Gasteiger partial charge >= 0.3 is 0 Å². The monoisotopic (exact) mass is 377 g/mol. The molecule has 1 aliphatic carbocycles. The van der Waals surface area contributed by atoms with E-state index >= 15 is 0 Å². The molecule has 1 saturated carbocycles. The fraction of sp³-hybridized carbons (Fsp3) is 0.600. The minimum atomic E-state index is -0.611. The van der Waals surface area contributed by atoms with Crippen molar-refractivity contribution in [1.82, 2.24) is 15.1 Å². The van der Waals surface area contributed by atoms with Crippen molar-refractivity contribution in [3.05, 3.63) is 35.6 Å². The van der Waals surface area contributed by atoms with Crippen molar-refractivity contribution in [2.75, 3.05) is 33.3 Å². The SMILES string of the molecule is CN(CC1(CO)CCC1)C(=O)C[C@H]1C(=O)NCCN1Cc1ccccc1F. The zero-order valence-corrected chi connectivity index (χ0v) is 15.8. The van der Waals surface area contributed by atoms with E-state index in [0.29, 0.717) is 31.7 Å². The molecule has 1 aliphatic heterocycles. The van der Waals surface area contributed by atoms with E-state index in [1.54, 1.807) is 30.1 Å². The summed E-state index contributed by atoms with van der Waals surface area (Å²) in [5.74, 6) is -0.629. The van der Waals surface area contributed by atoms with E-state index < -0.39 is 6.04 Å². The van der Waals surface area contributed by atoms with Crippen molar-refractivity contribution >= 4 is 11.8 Å². The summed E-state index contributed by atoms with van der Waals surface area (Å²) in [5.41, 5.74) is 0.332. The fourth-order valence-electron chi connectivity index (χ4n) is 3.97. The minimum Gasteiger partial charge on any atom is -0.396 e. The van der Waals surface area contributed by atoms with Gasteiger partial charge in [0, 0.05) is 44.2 Å². The largest absolute Gasteiger partial charge is 0.396 e. The van der Waals surface area contributed by atoms with Gasteiger partial charge in [0.15, 0.2) is 0 Å². The van der Waals surface area contributed by atoms with E-state index in [-0.39, 0.29) is 36.1 Å². The molecule has 7 heteroatoms. The van der Waals surface area contributed by atoms with Gasteiger partial charge in [-0.3, -0.25) is 14.5 Å². The molecule has 1 atom stereocenters. The third-order valence-corrected chi connectivity index (χ3v) is 5.89. The van der Waals surface area contributed by atoms with Gasteiger partial charge in [0.05, 0.1) is 19.1 Å². The highest BCUT2D eigenvalue weighted by atomic mass is 19.1. The molecule has 0 aromatic heterocycles. The molecule has 2 N–H and O–H groups in total. The number of hydrogen-bond donors (Lipinski definition) is 2. The average molecular weight is 377 g/mol. The van der Waals surface area contributed by atoms with Gasteiger partial charge in [-0.15, -0.1) is 0 Å². The van der Waals surface area contributed by atoms with Crippen molar-refractivity contribution < 1.29 is 19.1 Å². The lowest BCUT2D eigenvalue weighted by Gasteiger charge is -2.43. The highest BCUT2D eigenvalue weighted by Gasteiger charge is 2.39. The number of carbonyl (C=O) groups excluding carboxylic acids is 2. The number of amides is 2. The van der Waals surface area contributed by atoms with Crippen molar-refractivity contribution in [3.63, 3.8) is 0 Å². The van der Waals surface area contributed by atoms with E-state index in [0.717, 1.165) is 19.3 Å². The maximum Gasteiger partial charge on any atom is 0.237 e. The van der Waals surface area contributed by atoms with Gasteiger partial charge in [0.25, 0.3) is 0 Å². The molecule has 1 aromatic rings. The standard InChI is InChI=1S/C20H28FN3O3/c1-23(13-20(14-25)7-4-8-20)18(26)11-17-19(27)22-9-10-24(17)12-15-5-2-3-6-16(15)21/h2-3,5-6,17,25H,4,7-14H2,1H3,(H,22,27)/t17-/m0/s1. The van der Waals surface area contributed by atoms with Gasteiger partial charge in [-0.25, -0.2) is 4.39 Å². The molecule has 1 saturated heterocycles. The molecule has 3 rings (SSSR count). The molecule has 0 spiro atoms. The predicted molar refractivity (Wildman–Crippen MR) is 99.2 cm³/mol. The van der Waals surface area contributed by atoms with E-state index in [4.69, 9.17) is 0 Å². The fourth-order valence-corrected chi connectivity index (χ4v) is 3.97. The maximum absolute atomic E-state index is 14.0. The summed E-state index contributed by atoms with van der Waals surface area (Å²) in [4.78, 5) is 28.6. The normalized spacial score (nSPS) is 22.0. The van der Waals surface area contributed by atoms with E-state index in [1.165, 1.54) is 6.07 Å². The second kappa shape index (κ2) is 8.35. The highest BCUT2D eigenvalue weighted by Crippen LogP contribution is 2.40. The number of nitrogens with zero attached hydrogens (tertiary/aromatic N) is 2. The molecule has 27 heavy (non-hydrogen) atoms. The van der Waals surface area contributed by atoms with Crippen LogP contribution >= 0.6 is 0 Å². The second-order valence-electron chi connectivity index (χ2n) is 7.83. The number of nitrogens with one attached hydrogen (secondary N) is 1. The number of carbonyl (C=O) groups is 2. The van der Waals surface area contributed by atoms with Crippen LogP contribution in [-0.4, -0.2) is 66.1 Å². The molecule has 0 bridgehead atoms. The smallest absolute Gasteiger partial charge is 0.237 e. The van der Waals surface area contributed by atoms with Crippen molar-refractivity contribution in [1.29, 1.82) is 0 Å². The van der Waals surface area contributed by atoms with Gasteiger partial charge in [0.2, 0.25) is 11.8 Å². The first-order valence-electron chi connectivity index (χ1n) is 9.54. The van der Waals surface area contributed by atoms with Gasteiger partial charge < -0.3 is 15.3 Å². The van der Waals surface area contributed by atoms with E-state index in [2.05, 4.69) is 5.32 Å². The number of benzene rings is 1. The van der Waals surface area contributed by atoms with Gasteiger partial charge in [-0.05, 0) is 18.9 Å². The van der Waals surface area contributed by atoms with Gasteiger partial charge in [-0.1, -0.05) is 24.6 Å². The van der Waals surface area contributed by atoms with Crippen LogP contribution in [0, 0.1) is 11.2 Å². The Labute approximate surface area is 159 Å². The summed E-state index contributed by atoms with van der Waals surface area (Å²) >= 11 is 0. The number of aliphatic hydroxyl groups excluding tert-OH is 1. The zero-order valence-electron chi connectivity index (χ0n) is 15.8. The number of piperazine rings is 1. The first kappa shape index (κ1) is 19.8. The minimum absolute atomic E-state index is 0.0539. The lowest BCUT2D eigenvalue weighted by molar-refractivity contribution is -0.140. The summed E-state index contributed by atoms with van der Waals surface area (Å²) in [6, 6.07) is 5.90. The Hall–Kier alpha value is -1.99. The van der Waals surface area contributed by atoms with Crippen LogP contribution in [0.15, 0.2) is 24.3 Å². The molecule has 2 amide bonds. The quantitative estimate of drug-likeness (QED) is 0.747. The molecular formula is C20H28FN3O3. The lowest BCUT2D eigenvalue weighted by atomic mass is 9.69. The summed E-state index contributed by atoms with van der Waals surface area (Å²) in [7, 11) is 1.72. The lowest BCUT2D eigenvalue weighted by Crippen LogP contribution is -2.56. The van der Waals surface area contributed by atoms with Crippen molar-refractivity contribution in [2.24, 2.45) is 5.41 Å². The van der Waals surface area contributed by atoms with Crippen LogP contribution in [0.1, 0.15) is 31.2 Å². The summed E-state index contributed by atoms with van der Waals surface area (Å²) in [6.45, 7) is 1.93. The highest BCUT2D eigenvalue weighted by molar-refractivity contribution is 5.88. The summed E-state index contributed by atoms with van der Waals surface area (Å²) < 4.78 is 14.0. The number of rotatable bonds is 7. The molecule has 2 aliphatic rings. The van der Waals surface area contributed by atoms with Crippen LogP contribution in [-0.2, 0) is 16.1 Å². The molecule has 2 fully saturated rings. The Morgan fingerprint density at radius 3 is 2.78 bits per heavy atom. The van der Waals surface area contributed by atoms with Crippen LogP contribution in [0.5, 0.6) is 0 Å². The second-order valence-corrected chi connectivity index (χ2v) is 7.83. The van der Waals surface area contributed by atoms with Crippen LogP contribution in [0.25, 0.3) is 0 Å².